The number of nitrogens with one attached hydrogen (secondary N) is 2. The van der Waals surface area contributed by atoms with Crippen LogP contribution in [0.2, 0.25) is 0 Å². The highest BCUT2D eigenvalue weighted by atomic mass is 19.3. The van der Waals surface area contributed by atoms with E-state index >= 15 is 0 Å². The summed E-state index contributed by atoms with van der Waals surface area (Å²) in [6.45, 7) is -0.624. The van der Waals surface area contributed by atoms with Crippen LogP contribution >= 0.6 is 0 Å². The van der Waals surface area contributed by atoms with Gasteiger partial charge in [0.05, 0.1) is 12.2 Å². The highest BCUT2D eigenvalue weighted by molar-refractivity contribution is 5.91. The fraction of sp³-hybridized carbons (Fsp3) is 0.385. The number of halogens is 3. The zero-order chi connectivity index (χ0) is 17.6. The number of benzene rings is 1. The minimum Gasteiger partial charge on any atom is -0.485 e. The zero-order valence-corrected chi connectivity index (χ0v) is 12.0. The topological polar surface area (TPSA) is 108 Å². The molecule has 1 aromatic carbocycles. The number of carboxylic acid groups (broad SMARTS) is 1. The monoisotopic (exact) mass is 336 g/mol. The number of urea groups is 1. The number of hydrogen-bond acceptors (Lipinski definition) is 4. The molecule has 0 spiro atoms. The number of ether oxygens (including phenoxy) is 1. The Morgan fingerprint density at radius 1 is 1.39 bits per heavy atom. The maximum Gasteiger partial charge on any atom is 0.337 e. The first kappa shape index (κ1) is 18.6. The second kappa shape index (κ2) is 7.68. The number of alkyl halides is 2. The quantitative estimate of drug-likeness (QED) is 0.602. The first-order chi connectivity index (χ1) is 10.6. The molecule has 23 heavy (non-hydrogen) atoms. The summed E-state index contributed by atoms with van der Waals surface area (Å²) in [6, 6.07) is 1.94. The Morgan fingerprint density at radius 3 is 2.61 bits per heavy atom. The van der Waals surface area contributed by atoms with Crippen LogP contribution < -0.4 is 15.4 Å². The number of anilines is 1. The molecule has 0 saturated heterocycles. The average Bonchev–Trinajstić information content (AvgIpc) is 2.45. The van der Waals surface area contributed by atoms with Crippen LogP contribution in [0.15, 0.2) is 18.2 Å². The molecule has 4 N–H and O–H groups in total. The lowest BCUT2D eigenvalue weighted by atomic mass is 10.1. The average molecular weight is 336 g/mol. The van der Waals surface area contributed by atoms with Crippen LogP contribution in [-0.4, -0.2) is 47.4 Å². The molecule has 0 saturated carbocycles. The van der Waals surface area contributed by atoms with Gasteiger partial charge in [-0.15, -0.1) is 0 Å². The van der Waals surface area contributed by atoms with Crippen molar-refractivity contribution in [1.82, 2.24) is 5.32 Å². The van der Waals surface area contributed by atoms with E-state index in [2.05, 4.69) is 15.4 Å². The Morgan fingerprint density at radius 2 is 2.04 bits per heavy atom. The van der Waals surface area contributed by atoms with Crippen molar-refractivity contribution < 1.29 is 37.7 Å². The van der Waals surface area contributed by atoms with Gasteiger partial charge in [0.15, 0.2) is 5.60 Å². The van der Waals surface area contributed by atoms with Gasteiger partial charge >= 0.3 is 12.0 Å². The van der Waals surface area contributed by atoms with Crippen molar-refractivity contribution in [3.8, 4) is 5.75 Å². The van der Waals surface area contributed by atoms with Crippen LogP contribution in [-0.2, 0) is 4.79 Å². The SMILES string of the molecule is CC(O)(CNC(=O)Nc1ccc(F)cc1OCC(F)F)C(=O)O. The maximum atomic E-state index is 13.1. The Balaban J connectivity index is 2.72. The highest BCUT2D eigenvalue weighted by Gasteiger charge is 2.30. The van der Waals surface area contributed by atoms with Crippen LogP contribution in [0.4, 0.5) is 23.7 Å². The Kier molecular flexibility index (Phi) is 6.19. The molecular formula is C13H15F3N2O5. The molecule has 128 valence electrons. The fourth-order valence-electron chi connectivity index (χ4n) is 1.37. The third kappa shape index (κ3) is 6.02. The summed E-state index contributed by atoms with van der Waals surface area (Å²) >= 11 is 0. The predicted molar refractivity (Wildman–Crippen MR) is 73.2 cm³/mol. The predicted octanol–water partition coefficient (Wildman–Crippen LogP) is 1.43. The lowest BCUT2D eigenvalue weighted by Gasteiger charge is -2.19. The maximum absolute atomic E-state index is 13.1. The van der Waals surface area contributed by atoms with Gasteiger partial charge in [0, 0.05) is 6.07 Å². The van der Waals surface area contributed by atoms with E-state index in [-0.39, 0.29) is 11.4 Å². The molecular weight excluding hydrogens is 321 g/mol. The summed E-state index contributed by atoms with van der Waals surface area (Å²) < 4.78 is 42.1. The Bertz CT molecular complexity index is 581. The third-order valence-electron chi connectivity index (χ3n) is 2.61. The van der Waals surface area contributed by atoms with Gasteiger partial charge in [0.25, 0.3) is 6.43 Å². The van der Waals surface area contributed by atoms with Gasteiger partial charge in [0.1, 0.15) is 18.2 Å². The van der Waals surface area contributed by atoms with Gasteiger partial charge in [-0.3, -0.25) is 0 Å². The number of aliphatic carboxylic acids is 1. The van der Waals surface area contributed by atoms with E-state index < -0.39 is 43.0 Å². The number of aliphatic hydroxyl groups is 1. The first-order valence-electron chi connectivity index (χ1n) is 6.33. The largest absolute Gasteiger partial charge is 0.485 e. The van der Waals surface area contributed by atoms with Crippen LogP contribution in [0.1, 0.15) is 6.92 Å². The fourth-order valence-corrected chi connectivity index (χ4v) is 1.37. The molecule has 1 aromatic rings. The molecule has 10 heteroatoms. The summed E-state index contributed by atoms with van der Waals surface area (Å²) in [5.74, 6) is -2.61. The van der Waals surface area contributed by atoms with E-state index in [4.69, 9.17) is 5.11 Å². The number of amides is 2. The molecule has 1 rings (SSSR count). The van der Waals surface area contributed by atoms with E-state index in [0.29, 0.717) is 0 Å². The molecule has 1 atom stereocenters. The van der Waals surface area contributed by atoms with Crippen molar-refractivity contribution in [1.29, 1.82) is 0 Å². The van der Waals surface area contributed by atoms with Crippen molar-refractivity contribution >= 4 is 17.7 Å². The van der Waals surface area contributed by atoms with Gasteiger partial charge < -0.3 is 25.6 Å². The molecule has 0 fully saturated rings. The minimum atomic E-state index is -2.79. The molecule has 0 aliphatic rings. The van der Waals surface area contributed by atoms with Gasteiger partial charge in [-0.25, -0.2) is 22.8 Å². The molecule has 7 nitrogen and oxygen atoms in total. The van der Waals surface area contributed by atoms with E-state index in [1.165, 1.54) is 0 Å². The molecule has 1 unspecified atom stereocenters. The third-order valence-corrected chi connectivity index (χ3v) is 2.61. The van der Waals surface area contributed by atoms with Crippen LogP contribution in [0.3, 0.4) is 0 Å². The standard InChI is InChI=1S/C13H15F3N2O5/c1-13(22,11(19)20)6-17-12(21)18-8-3-2-7(14)4-9(8)23-5-10(15)16/h2-4,10,22H,5-6H2,1H3,(H,19,20)(H2,17,18,21). The van der Waals surface area contributed by atoms with E-state index in [0.717, 1.165) is 25.1 Å². The van der Waals surface area contributed by atoms with Gasteiger partial charge in [-0.1, -0.05) is 0 Å². The van der Waals surface area contributed by atoms with Crippen molar-refractivity contribution in [3.05, 3.63) is 24.0 Å². The molecule has 0 aromatic heterocycles. The molecule has 0 aliphatic carbocycles. The lowest BCUT2D eigenvalue weighted by Crippen LogP contribution is -2.47. The molecule has 0 aliphatic heterocycles. The minimum absolute atomic E-state index is 0.0977. The number of carboxylic acids is 1. The van der Waals surface area contributed by atoms with E-state index in [1.807, 2.05) is 0 Å². The van der Waals surface area contributed by atoms with Crippen molar-refractivity contribution in [3.63, 3.8) is 0 Å². The first-order valence-corrected chi connectivity index (χ1v) is 6.33. The summed E-state index contributed by atoms with van der Waals surface area (Å²) in [5, 5.41) is 22.4. The molecule has 0 bridgehead atoms. The number of rotatable bonds is 7. The smallest absolute Gasteiger partial charge is 0.337 e. The highest BCUT2D eigenvalue weighted by Crippen LogP contribution is 2.25. The number of hydrogen-bond donors (Lipinski definition) is 4. The van der Waals surface area contributed by atoms with Gasteiger partial charge in [0.2, 0.25) is 0 Å². The normalized spacial score (nSPS) is 13.3. The second-order valence-electron chi connectivity index (χ2n) is 4.73. The molecule has 0 radical (unpaired) electrons. The van der Waals surface area contributed by atoms with Gasteiger partial charge in [-0.05, 0) is 19.1 Å². The number of carbonyl (C=O) groups excluding carboxylic acids is 1. The second-order valence-corrected chi connectivity index (χ2v) is 4.73. The lowest BCUT2D eigenvalue weighted by molar-refractivity contribution is -0.155. The summed E-state index contributed by atoms with van der Waals surface area (Å²) in [4.78, 5) is 22.3. The van der Waals surface area contributed by atoms with Gasteiger partial charge in [-0.2, -0.15) is 0 Å². The Hall–Kier alpha value is -2.49. The summed E-state index contributed by atoms with van der Waals surface area (Å²) in [5.41, 5.74) is -2.28. The molecule has 2 amide bonds. The van der Waals surface area contributed by atoms with E-state index in [1.54, 1.807) is 0 Å². The number of carbonyl (C=O) groups is 2. The molecule has 0 heterocycles. The van der Waals surface area contributed by atoms with Crippen molar-refractivity contribution in [2.24, 2.45) is 0 Å². The Labute approximate surface area is 129 Å². The van der Waals surface area contributed by atoms with Crippen LogP contribution in [0.25, 0.3) is 0 Å². The van der Waals surface area contributed by atoms with Crippen molar-refractivity contribution in [2.45, 2.75) is 19.0 Å². The van der Waals surface area contributed by atoms with Crippen LogP contribution in [0.5, 0.6) is 5.75 Å². The van der Waals surface area contributed by atoms with E-state index in [9.17, 15) is 27.9 Å². The zero-order valence-electron chi connectivity index (χ0n) is 12.0. The van der Waals surface area contributed by atoms with Crippen LogP contribution in [0, 0.1) is 5.82 Å². The summed E-state index contributed by atoms with van der Waals surface area (Å²) in [7, 11) is 0. The van der Waals surface area contributed by atoms with Crippen molar-refractivity contribution in [2.75, 3.05) is 18.5 Å². The summed E-state index contributed by atoms with van der Waals surface area (Å²) in [6.07, 6.45) is -2.79.